The zero-order valence-electron chi connectivity index (χ0n) is 7.44. The second kappa shape index (κ2) is 2.72. The average Bonchev–Trinajstić information content (AvgIpc) is 2.29. The lowest BCUT2D eigenvalue weighted by Gasteiger charge is -1.99. The van der Waals surface area contributed by atoms with E-state index < -0.39 is 0 Å². The standard InChI is InChI=1S/C12H7N2/c1-3-9-5-6-10-4-2-8-14-12(10)11(9)13-7-1/h1-7H/q+1. The highest BCUT2D eigenvalue weighted by Gasteiger charge is 2.15. The van der Waals surface area contributed by atoms with E-state index in [0.29, 0.717) is 0 Å². The minimum absolute atomic E-state index is 0.922. The first-order chi connectivity index (χ1) is 6.95. The highest BCUT2D eigenvalue weighted by atomic mass is 14.8. The van der Waals surface area contributed by atoms with Gasteiger partial charge in [-0.2, -0.15) is 0 Å². The molecule has 0 saturated heterocycles. The second-order valence-electron chi connectivity index (χ2n) is 3.15. The van der Waals surface area contributed by atoms with Gasteiger partial charge in [-0.1, -0.05) is 4.99 Å². The van der Waals surface area contributed by atoms with Crippen LogP contribution < -0.4 is 0 Å². The van der Waals surface area contributed by atoms with Gasteiger partial charge < -0.3 is 0 Å². The summed E-state index contributed by atoms with van der Waals surface area (Å²) in [6, 6.07) is 8.09. The molecule has 1 aliphatic rings. The largest absolute Gasteiger partial charge is 0.239 e. The van der Waals surface area contributed by atoms with Gasteiger partial charge in [-0.05, 0) is 24.3 Å². The maximum absolute atomic E-state index is 4.33. The third kappa shape index (κ3) is 0.951. The Labute approximate surface area is 81.6 Å². The first kappa shape index (κ1) is 7.36. The van der Waals surface area contributed by atoms with E-state index >= 15 is 0 Å². The Morgan fingerprint density at radius 3 is 3.14 bits per heavy atom. The highest BCUT2D eigenvalue weighted by molar-refractivity contribution is 5.99. The van der Waals surface area contributed by atoms with Crippen LogP contribution in [0.25, 0.3) is 17.0 Å². The van der Waals surface area contributed by atoms with E-state index in [1.54, 1.807) is 6.20 Å². The van der Waals surface area contributed by atoms with Gasteiger partial charge in [0.25, 0.3) is 0 Å². The van der Waals surface area contributed by atoms with E-state index in [-0.39, 0.29) is 0 Å². The maximum atomic E-state index is 4.33. The Hall–Kier alpha value is -2.05. The number of aliphatic imine (C=N–C) groups is 1. The monoisotopic (exact) mass is 179 g/mol. The van der Waals surface area contributed by atoms with Crippen LogP contribution in [0.5, 0.6) is 0 Å². The molecule has 0 spiro atoms. The number of hydrogen-bond acceptors (Lipinski definition) is 2. The minimum atomic E-state index is 0.922. The van der Waals surface area contributed by atoms with E-state index in [2.05, 4.69) is 28.3 Å². The summed E-state index contributed by atoms with van der Waals surface area (Å²) in [5, 5.41) is 1.12. The Balaban J connectivity index is 2.47. The fraction of sp³-hybridized carbons (Fsp3) is 0. The Bertz CT molecular complexity index is 553. The fourth-order valence-corrected chi connectivity index (χ4v) is 1.63. The molecule has 2 aromatic rings. The molecule has 2 heteroatoms. The number of pyridine rings is 1. The molecule has 0 amide bonds. The van der Waals surface area contributed by atoms with Crippen molar-refractivity contribution in [2.45, 2.75) is 0 Å². The predicted octanol–water partition coefficient (Wildman–Crippen LogP) is 2.84. The van der Waals surface area contributed by atoms with Gasteiger partial charge >= 0.3 is 0 Å². The van der Waals surface area contributed by atoms with Crippen molar-refractivity contribution in [1.82, 2.24) is 4.98 Å². The molecule has 2 heterocycles. The summed E-state index contributed by atoms with van der Waals surface area (Å²) in [7, 11) is 0. The molecule has 0 radical (unpaired) electrons. The number of hydrogen-bond donors (Lipinski definition) is 0. The Morgan fingerprint density at radius 1 is 1.14 bits per heavy atom. The number of fused-ring (bicyclic) bond motifs is 3. The first-order valence-electron chi connectivity index (χ1n) is 4.46. The lowest BCUT2D eigenvalue weighted by Crippen LogP contribution is -1.85. The summed E-state index contributed by atoms with van der Waals surface area (Å²) in [5.74, 6) is 0. The number of benzene rings is 1. The summed E-state index contributed by atoms with van der Waals surface area (Å²) in [5.41, 5.74) is 2.97. The highest BCUT2D eigenvalue weighted by Crippen LogP contribution is 2.30. The van der Waals surface area contributed by atoms with Crippen molar-refractivity contribution < 1.29 is 0 Å². The van der Waals surface area contributed by atoms with Gasteiger partial charge in [0.2, 0.25) is 5.69 Å². The molecule has 3 rings (SSSR count). The third-order valence-electron chi connectivity index (χ3n) is 2.29. The second-order valence-corrected chi connectivity index (χ2v) is 3.15. The van der Waals surface area contributed by atoms with Crippen molar-refractivity contribution in [2.24, 2.45) is 4.99 Å². The van der Waals surface area contributed by atoms with Gasteiger partial charge in [-0.3, -0.25) is 0 Å². The molecule has 0 atom stereocenters. The number of aromatic nitrogens is 1. The zero-order valence-corrected chi connectivity index (χ0v) is 7.44. The van der Waals surface area contributed by atoms with Gasteiger partial charge in [-0.25, -0.2) is 4.98 Å². The van der Waals surface area contributed by atoms with Gasteiger partial charge in [0, 0.05) is 11.6 Å². The van der Waals surface area contributed by atoms with Crippen molar-refractivity contribution in [1.29, 1.82) is 0 Å². The van der Waals surface area contributed by atoms with Crippen LogP contribution in [0.1, 0.15) is 5.56 Å². The molecule has 0 N–H and O–H groups in total. The lowest BCUT2D eigenvalue weighted by atomic mass is 10.1. The topological polar surface area (TPSA) is 25.2 Å². The molecule has 64 valence electrons. The zero-order chi connectivity index (χ0) is 9.38. The first-order valence-corrected chi connectivity index (χ1v) is 4.46. The van der Waals surface area contributed by atoms with E-state index in [0.717, 1.165) is 22.2 Å². The van der Waals surface area contributed by atoms with Gasteiger partial charge in [-0.15, -0.1) is 0 Å². The molecule has 1 aromatic heterocycles. The van der Waals surface area contributed by atoms with Crippen LogP contribution in [0.4, 0.5) is 5.69 Å². The number of rotatable bonds is 0. The average molecular weight is 179 g/mol. The van der Waals surface area contributed by atoms with E-state index in [9.17, 15) is 0 Å². The summed E-state index contributed by atoms with van der Waals surface area (Å²) < 4.78 is 0. The maximum Gasteiger partial charge on any atom is 0.214 e. The van der Waals surface area contributed by atoms with Crippen molar-refractivity contribution in [3.63, 3.8) is 0 Å². The van der Waals surface area contributed by atoms with E-state index in [4.69, 9.17) is 0 Å². The molecule has 0 saturated carbocycles. The van der Waals surface area contributed by atoms with Crippen LogP contribution in [-0.2, 0) is 0 Å². The predicted molar refractivity (Wildman–Crippen MR) is 57.9 cm³/mol. The molecule has 2 nitrogen and oxygen atoms in total. The van der Waals surface area contributed by atoms with Crippen LogP contribution in [0.15, 0.2) is 41.5 Å². The molecule has 14 heavy (non-hydrogen) atoms. The molecule has 0 fully saturated rings. The van der Waals surface area contributed by atoms with Crippen molar-refractivity contribution >= 4 is 28.9 Å². The van der Waals surface area contributed by atoms with Gasteiger partial charge in [0.1, 0.15) is 11.6 Å². The summed E-state index contributed by atoms with van der Waals surface area (Å²) in [6.07, 6.45) is 8.44. The Morgan fingerprint density at radius 2 is 2.14 bits per heavy atom. The summed E-state index contributed by atoms with van der Waals surface area (Å²) >= 11 is 0. The smallest absolute Gasteiger partial charge is 0.214 e. The van der Waals surface area contributed by atoms with Crippen LogP contribution in [0.2, 0.25) is 0 Å². The van der Waals surface area contributed by atoms with E-state index in [1.807, 2.05) is 24.3 Å². The molecule has 0 bridgehead atoms. The van der Waals surface area contributed by atoms with Crippen LogP contribution in [-0.4, -0.2) is 11.2 Å². The van der Waals surface area contributed by atoms with Crippen molar-refractivity contribution in [2.75, 3.05) is 0 Å². The molecule has 1 aliphatic heterocycles. The number of nitrogens with zero attached hydrogens (tertiary/aromatic N) is 2. The van der Waals surface area contributed by atoms with Crippen LogP contribution in [0.3, 0.4) is 0 Å². The molecular formula is C12H7N2+. The lowest BCUT2D eigenvalue weighted by molar-refractivity contribution is 1.39. The van der Waals surface area contributed by atoms with Crippen molar-refractivity contribution in [3.8, 4) is 0 Å². The SMILES string of the molecule is [C+]1=Nc2c(ccc3cccnc23)C=C1. The third-order valence-corrected chi connectivity index (χ3v) is 2.29. The fourth-order valence-electron chi connectivity index (χ4n) is 1.63. The quantitative estimate of drug-likeness (QED) is 0.571. The van der Waals surface area contributed by atoms with Gasteiger partial charge in [0.15, 0.2) is 11.7 Å². The van der Waals surface area contributed by atoms with E-state index in [1.165, 1.54) is 0 Å². The molecular weight excluding hydrogens is 172 g/mol. The molecule has 1 aromatic carbocycles. The molecule has 0 aliphatic carbocycles. The van der Waals surface area contributed by atoms with Crippen LogP contribution in [0, 0.1) is 0 Å². The number of allylic oxidation sites excluding steroid dienone is 1. The summed E-state index contributed by atoms with van der Waals surface area (Å²) in [4.78, 5) is 8.55. The van der Waals surface area contributed by atoms with Gasteiger partial charge in [0.05, 0.1) is 6.08 Å². The molecule has 0 unspecified atom stereocenters. The normalized spacial score (nSPS) is 12.6. The summed E-state index contributed by atoms with van der Waals surface area (Å²) in [6.45, 7) is 0. The Kier molecular flexibility index (Phi) is 1.43. The minimum Gasteiger partial charge on any atom is -0.239 e. The van der Waals surface area contributed by atoms with Crippen LogP contribution >= 0.6 is 0 Å². The van der Waals surface area contributed by atoms with Crippen molar-refractivity contribution in [3.05, 3.63) is 42.1 Å².